The number of aromatic hydroxyl groups is 2. The number of nitrogens with zero attached hydrogens (tertiary/aromatic N) is 4. The third kappa shape index (κ3) is 3.02. The van der Waals surface area contributed by atoms with Gasteiger partial charge in [0.05, 0.1) is 17.3 Å². The maximum Gasteiger partial charge on any atom is 0.280 e. The van der Waals surface area contributed by atoms with Gasteiger partial charge in [-0.15, -0.1) is 0 Å². The summed E-state index contributed by atoms with van der Waals surface area (Å²) in [7, 11) is 0. The average Bonchev–Trinajstić information content (AvgIpc) is 3.28. The van der Waals surface area contributed by atoms with Crippen LogP contribution in [-0.4, -0.2) is 26.6 Å². The van der Waals surface area contributed by atoms with Crippen molar-refractivity contribution in [2.75, 3.05) is 0 Å². The molecule has 1 aromatic heterocycles. The highest BCUT2D eigenvalue weighted by Gasteiger charge is 2.18. The Labute approximate surface area is 170 Å². The van der Waals surface area contributed by atoms with Crippen molar-refractivity contribution < 1.29 is 15.0 Å². The van der Waals surface area contributed by atoms with Gasteiger partial charge >= 0.3 is 0 Å². The highest BCUT2D eigenvalue weighted by molar-refractivity contribution is 6.06. The summed E-state index contributed by atoms with van der Waals surface area (Å²) < 4.78 is 1.40. The fourth-order valence-electron chi connectivity index (χ4n) is 3.46. The van der Waals surface area contributed by atoms with Gasteiger partial charge in [-0.05, 0) is 35.9 Å². The van der Waals surface area contributed by atoms with Crippen LogP contribution in [0.25, 0.3) is 10.8 Å². The molecular weight excluding hydrogens is 380 g/mol. The molecule has 7 heteroatoms. The molecule has 0 unspecified atom stereocenters. The van der Waals surface area contributed by atoms with Gasteiger partial charge in [0.1, 0.15) is 0 Å². The van der Waals surface area contributed by atoms with Crippen molar-refractivity contribution >= 4 is 22.6 Å². The minimum Gasteiger partial charge on any atom is -0.494 e. The number of aliphatic imine (C=N–C) groups is 1. The SMILES string of the molecule is O=C(N=C1N=c2ccccc2=N1)c1ccc2c(O)n(Cc3ccccc3)c(O)c2c1. The molecule has 0 fully saturated rings. The maximum absolute atomic E-state index is 12.6. The van der Waals surface area contributed by atoms with Gasteiger partial charge in [-0.2, -0.15) is 4.99 Å². The molecule has 0 radical (unpaired) electrons. The molecular formula is C23H16N4O3. The van der Waals surface area contributed by atoms with Crippen molar-refractivity contribution in [1.29, 1.82) is 0 Å². The Morgan fingerprint density at radius 3 is 2.17 bits per heavy atom. The fourth-order valence-corrected chi connectivity index (χ4v) is 3.46. The first kappa shape index (κ1) is 17.8. The normalized spacial score (nSPS) is 12.3. The molecule has 3 aromatic carbocycles. The van der Waals surface area contributed by atoms with E-state index in [1.807, 2.05) is 42.5 Å². The standard InChI is InChI=1S/C23H16N4O3/c28-20(26-23-24-18-8-4-5-9-19(18)25-23)15-10-11-16-17(12-15)22(30)27(21(16)29)13-14-6-2-1-3-7-14/h1-12,29-30H,13H2. The van der Waals surface area contributed by atoms with E-state index in [2.05, 4.69) is 15.0 Å². The predicted octanol–water partition coefficient (Wildman–Crippen LogP) is 2.55. The fraction of sp³-hybridized carbons (Fsp3) is 0.0435. The number of carbonyl (C=O) groups excluding carboxylic acids is 1. The van der Waals surface area contributed by atoms with Gasteiger partial charge in [-0.1, -0.05) is 42.5 Å². The predicted molar refractivity (Wildman–Crippen MR) is 111 cm³/mol. The summed E-state index contributed by atoms with van der Waals surface area (Å²) in [6, 6.07) is 21.4. The van der Waals surface area contributed by atoms with Crippen molar-refractivity contribution in [3.05, 3.63) is 94.6 Å². The summed E-state index contributed by atoms with van der Waals surface area (Å²) in [5.41, 5.74) is 1.19. The molecule has 0 saturated heterocycles. The van der Waals surface area contributed by atoms with Gasteiger partial charge in [0.2, 0.25) is 11.8 Å². The lowest BCUT2D eigenvalue weighted by molar-refractivity contribution is 0.100. The molecule has 2 N–H and O–H groups in total. The largest absolute Gasteiger partial charge is 0.494 e. The summed E-state index contributed by atoms with van der Waals surface area (Å²) in [5.74, 6) is -0.610. The first-order chi connectivity index (χ1) is 14.6. The van der Waals surface area contributed by atoms with Gasteiger partial charge in [-0.3, -0.25) is 9.36 Å². The molecule has 0 atom stereocenters. The summed E-state index contributed by atoms with van der Waals surface area (Å²) >= 11 is 0. The molecule has 1 aliphatic heterocycles. The van der Waals surface area contributed by atoms with E-state index in [-0.39, 0.29) is 23.3 Å². The Kier molecular flexibility index (Phi) is 4.14. The van der Waals surface area contributed by atoms with Crippen LogP contribution in [0.2, 0.25) is 0 Å². The molecule has 7 nitrogen and oxygen atoms in total. The third-order valence-electron chi connectivity index (χ3n) is 4.97. The van der Waals surface area contributed by atoms with Gasteiger partial charge < -0.3 is 10.2 Å². The smallest absolute Gasteiger partial charge is 0.280 e. The van der Waals surface area contributed by atoms with Crippen LogP contribution in [0.5, 0.6) is 11.8 Å². The van der Waals surface area contributed by atoms with Gasteiger partial charge in [0, 0.05) is 16.3 Å². The number of hydrogen-bond donors (Lipinski definition) is 2. The third-order valence-corrected chi connectivity index (χ3v) is 4.97. The van der Waals surface area contributed by atoms with Crippen LogP contribution in [0.15, 0.2) is 87.8 Å². The van der Waals surface area contributed by atoms with Crippen LogP contribution in [0, 0.1) is 0 Å². The molecule has 0 saturated carbocycles. The monoisotopic (exact) mass is 396 g/mol. The number of para-hydroxylation sites is 2. The van der Waals surface area contributed by atoms with Gasteiger partial charge in [-0.25, -0.2) is 9.98 Å². The second kappa shape index (κ2) is 6.97. The maximum atomic E-state index is 12.6. The van der Waals surface area contributed by atoms with Crippen LogP contribution in [-0.2, 0) is 6.54 Å². The average molecular weight is 396 g/mol. The van der Waals surface area contributed by atoms with Gasteiger partial charge in [0.25, 0.3) is 11.9 Å². The summed E-state index contributed by atoms with van der Waals surface area (Å²) in [5, 5.41) is 23.4. The molecule has 1 amide bonds. The summed E-state index contributed by atoms with van der Waals surface area (Å²) in [4.78, 5) is 25.1. The topological polar surface area (TPSA) is 99.5 Å². The van der Waals surface area contributed by atoms with Crippen LogP contribution < -0.4 is 10.7 Å². The zero-order valence-electron chi connectivity index (χ0n) is 15.7. The minimum absolute atomic E-state index is 0.0621. The summed E-state index contributed by atoms with van der Waals surface area (Å²) in [6.45, 7) is 0.300. The molecule has 0 spiro atoms. The molecule has 30 heavy (non-hydrogen) atoms. The van der Waals surface area contributed by atoms with Crippen LogP contribution in [0.1, 0.15) is 15.9 Å². The first-order valence-corrected chi connectivity index (χ1v) is 9.34. The number of hydrogen-bond acceptors (Lipinski definition) is 3. The number of aromatic nitrogens is 1. The first-order valence-electron chi connectivity index (χ1n) is 9.34. The molecule has 1 aliphatic rings. The van der Waals surface area contributed by atoms with E-state index in [1.54, 1.807) is 24.3 Å². The lowest BCUT2D eigenvalue weighted by atomic mass is 10.1. The Bertz CT molecular complexity index is 1420. The van der Waals surface area contributed by atoms with E-state index in [0.29, 0.717) is 28.0 Å². The van der Waals surface area contributed by atoms with Crippen molar-refractivity contribution in [3.8, 4) is 11.8 Å². The van der Waals surface area contributed by atoms with Crippen LogP contribution in [0.3, 0.4) is 0 Å². The number of carbonyl (C=O) groups is 1. The van der Waals surface area contributed by atoms with Crippen molar-refractivity contribution in [3.63, 3.8) is 0 Å². The Morgan fingerprint density at radius 2 is 1.47 bits per heavy atom. The number of amides is 1. The van der Waals surface area contributed by atoms with E-state index in [9.17, 15) is 15.0 Å². The molecule has 0 aliphatic carbocycles. The second-order valence-electron chi connectivity index (χ2n) is 6.91. The van der Waals surface area contributed by atoms with E-state index in [4.69, 9.17) is 0 Å². The number of rotatable bonds is 3. The van der Waals surface area contributed by atoms with Crippen molar-refractivity contribution in [1.82, 2.24) is 4.57 Å². The quantitative estimate of drug-likeness (QED) is 0.557. The molecule has 0 bridgehead atoms. The lowest BCUT2D eigenvalue weighted by Crippen LogP contribution is -2.19. The van der Waals surface area contributed by atoms with E-state index in [1.165, 1.54) is 10.6 Å². The van der Waals surface area contributed by atoms with Crippen LogP contribution >= 0.6 is 0 Å². The summed E-state index contributed by atoms with van der Waals surface area (Å²) in [6.07, 6.45) is 0. The Morgan fingerprint density at radius 1 is 0.833 bits per heavy atom. The Hall–Kier alpha value is -4.26. The highest BCUT2D eigenvalue weighted by Crippen LogP contribution is 2.37. The molecule has 5 rings (SSSR count). The molecule has 146 valence electrons. The number of benzene rings is 3. The molecule has 2 heterocycles. The lowest BCUT2D eigenvalue weighted by Gasteiger charge is -2.06. The number of guanidine groups is 1. The second-order valence-corrected chi connectivity index (χ2v) is 6.91. The number of fused-ring (bicyclic) bond motifs is 2. The zero-order valence-corrected chi connectivity index (χ0v) is 15.7. The van der Waals surface area contributed by atoms with Gasteiger partial charge in [0.15, 0.2) is 0 Å². The Balaban J connectivity index is 1.51. The van der Waals surface area contributed by atoms with Crippen molar-refractivity contribution in [2.45, 2.75) is 6.54 Å². The van der Waals surface area contributed by atoms with E-state index in [0.717, 1.165) is 5.56 Å². The van der Waals surface area contributed by atoms with Crippen LogP contribution in [0.4, 0.5) is 0 Å². The highest BCUT2D eigenvalue weighted by atomic mass is 16.3. The zero-order chi connectivity index (χ0) is 20.7. The van der Waals surface area contributed by atoms with E-state index < -0.39 is 5.91 Å². The minimum atomic E-state index is -0.526. The van der Waals surface area contributed by atoms with Crippen molar-refractivity contribution in [2.24, 2.45) is 15.0 Å². The van der Waals surface area contributed by atoms with E-state index >= 15 is 0 Å². The molecule has 4 aromatic rings.